The van der Waals surface area contributed by atoms with E-state index in [1.54, 1.807) is 24.9 Å². The lowest BCUT2D eigenvalue weighted by molar-refractivity contribution is -0.138. The van der Waals surface area contributed by atoms with Gasteiger partial charge in [-0.05, 0) is 31.0 Å². The van der Waals surface area contributed by atoms with E-state index in [2.05, 4.69) is 42.7 Å². The van der Waals surface area contributed by atoms with Gasteiger partial charge in [0.05, 0.1) is 6.04 Å². The first-order valence-electron chi connectivity index (χ1n) is 9.41. The quantitative estimate of drug-likeness (QED) is 0.763. The number of hydrogen-bond acceptors (Lipinski definition) is 5. The van der Waals surface area contributed by atoms with E-state index in [4.69, 9.17) is 4.99 Å². The molecule has 2 fully saturated rings. The molecular weight excluding hydrogens is 342 g/mol. The SMILES string of the molecule is C=CC(C)N1C(=O)C2C(N=C3N(c4ccc(CC)cc4)CCN32)N(C)C1=O. The average Bonchev–Trinajstić information content (AvgIpc) is 3.25. The van der Waals surface area contributed by atoms with Gasteiger partial charge >= 0.3 is 6.03 Å². The van der Waals surface area contributed by atoms with Crippen LogP contribution in [0.5, 0.6) is 0 Å². The van der Waals surface area contributed by atoms with Gasteiger partial charge in [-0.3, -0.25) is 9.69 Å². The number of fused-ring (bicyclic) bond motifs is 3. The van der Waals surface area contributed by atoms with Gasteiger partial charge in [0.2, 0.25) is 5.96 Å². The van der Waals surface area contributed by atoms with Gasteiger partial charge in [-0.25, -0.2) is 9.79 Å². The second-order valence-electron chi connectivity index (χ2n) is 7.23. The highest BCUT2D eigenvalue weighted by Crippen LogP contribution is 2.34. The molecule has 2 saturated heterocycles. The Morgan fingerprint density at radius 2 is 1.96 bits per heavy atom. The van der Waals surface area contributed by atoms with E-state index in [0.29, 0.717) is 6.54 Å². The standard InChI is InChI=1S/C20H25N5O2/c1-5-13(3)25-18(26)16-17(22(4)20(25)27)21-19-23(11-12-24(16)19)15-9-7-14(6-2)8-10-15/h5,7-10,13,16-17H,1,6,11-12H2,2-4H3. The van der Waals surface area contributed by atoms with Crippen LogP contribution in [0.25, 0.3) is 0 Å². The van der Waals surface area contributed by atoms with Crippen molar-refractivity contribution in [2.75, 3.05) is 25.0 Å². The first kappa shape index (κ1) is 17.6. The number of urea groups is 1. The summed E-state index contributed by atoms with van der Waals surface area (Å²) < 4.78 is 0. The fourth-order valence-electron chi connectivity index (χ4n) is 4.04. The van der Waals surface area contributed by atoms with E-state index in [-0.39, 0.29) is 18.0 Å². The van der Waals surface area contributed by atoms with Crippen molar-refractivity contribution in [3.8, 4) is 0 Å². The van der Waals surface area contributed by atoms with Crippen LogP contribution in [0, 0.1) is 0 Å². The zero-order valence-electron chi connectivity index (χ0n) is 16.0. The van der Waals surface area contributed by atoms with E-state index in [1.807, 2.05) is 4.90 Å². The van der Waals surface area contributed by atoms with Crippen molar-refractivity contribution in [1.82, 2.24) is 14.7 Å². The summed E-state index contributed by atoms with van der Waals surface area (Å²) in [5.74, 6) is 0.577. The summed E-state index contributed by atoms with van der Waals surface area (Å²) in [6, 6.07) is 7.29. The number of rotatable bonds is 4. The molecule has 3 atom stereocenters. The predicted molar refractivity (Wildman–Crippen MR) is 105 cm³/mol. The molecule has 3 heterocycles. The minimum Gasteiger partial charge on any atom is -0.325 e. The molecule has 0 radical (unpaired) electrons. The van der Waals surface area contributed by atoms with Crippen LogP contribution in [0.3, 0.4) is 0 Å². The van der Waals surface area contributed by atoms with E-state index < -0.39 is 12.2 Å². The molecule has 3 unspecified atom stereocenters. The number of imide groups is 1. The van der Waals surface area contributed by atoms with E-state index in [1.165, 1.54) is 10.5 Å². The molecule has 3 amide bonds. The molecule has 0 aliphatic carbocycles. The number of benzene rings is 1. The third-order valence-corrected chi connectivity index (χ3v) is 5.73. The zero-order valence-corrected chi connectivity index (χ0v) is 16.0. The summed E-state index contributed by atoms with van der Waals surface area (Å²) in [7, 11) is 1.71. The Labute approximate surface area is 159 Å². The molecular formula is C20H25N5O2. The second kappa shape index (κ2) is 6.40. The van der Waals surface area contributed by atoms with Crippen LogP contribution < -0.4 is 4.90 Å². The van der Waals surface area contributed by atoms with E-state index in [0.717, 1.165) is 24.6 Å². The zero-order chi connectivity index (χ0) is 19.3. The first-order valence-corrected chi connectivity index (χ1v) is 9.41. The highest BCUT2D eigenvalue weighted by Gasteiger charge is 2.55. The Bertz CT molecular complexity index is 818. The molecule has 1 aromatic rings. The summed E-state index contributed by atoms with van der Waals surface area (Å²) in [4.78, 5) is 37.6. The molecule has 4 rings (SSSR count). The normalized spacial score (nSPS) is 25.5. The van der Waals surface area contributed by atoms with Crippen molar-refractivity contribution in [2.45, 2.75) is 38.5 Å². The summed E-state index contributed by atoms with van der Waals surface area (Å²) in [5, 5.41) is 0. The molecule has 0 spiro atoms. The lowest BCUT2D eigenvalue weighted by atomic mass is 10.1. The van der Waals surface area contributed by atoms with Crippen molar-refractivity contribution >= 4 is 23.6 Å². The van der Waals surface area contributed by atoms with Crippen LogP contribution in [0.1, 0.15) is 19.4 Å². The van der Waals surface area contributed by atoms with Crippen LogP contribution in [0.2, 0.25) is 0 Å². The number of aryl methyl sites for hydroxylation is 1. The number of anilines is 1. The highest BCUT2D eigenvalue weighted by molar-refractivity contribution is 6.08. The van der Waals surface area contributed by atoms with Gasteiger partial charge in [0.15, 0.2) is 12.2 Å². The molecule has 0 bridgehead atoms. The number of likely N-dealkylation sites (N-methyl/N-ethyl adjacent to an activating group) is 1. The van der Waals surface area contributed by atoms with Gasteiger partial charge in [-0.15, -0.1) is 6.58 Å². The summed E-state index contributed by atoms with van der Waals surface area (Å²) >= 11 is 0. The largest absolute Gasteiger partial charge is 0.328 e. The van der Waals surface area contributed by atoms with Gasteiger partial charge in [0.1, 0.15) is 0 Å². The Balaban J connectivity index is 1.66. The van der Waals surface area contributed by atoms with Gasteiger partial charge < -0.3 is 14.7 Å². The molecule has 0 saturated carbocycles. The second-order valence-corrected chi connectivity index (χ2v) is 7.23. The van der Waals surface area contributed by atoms with Crippen molar-refractivity contribution in [3.63, 3.8) is 0 Å². The number of amides is 3. The number of nitrogens with zero attached hydrogens (tertiary/aromatic N) is 5. The number of guanidine groups is 1. The van der Waals surface area contributed by atoms with Crippen molar-refractivity contribution in [2.24, 2.45) is 4.99 Å². The van der Waals surface area contributed by atoms with Crippen LogP contribution >= 0.6 is 0 Å². The molecule has 0 aromatic heterocycles. The Kier molecular flexibility index (Phi) is 4.17. The number of carbonyl (C=O) groups excluding carboxylic acids is 2. The van der Waals surface area contributed by atoms with Gasteiger partial charge in [0, 0.05) is 25.8 Å². The molecule has 3 aliphatic heterocycles. The number of carbonyl (C=O) groups is 2. The minimum absolute atomic E-state index is 0.197. The molecule has 3 aliphatic rings. The molecule has 142 valence electrons. The maximum absolute atomic E-state index is 13.1. The molecule has 27 heavy (non-hydrogen) atoms. The molecule has 7 nitrogen and oxygen atoms in total. The van der Waals surface area contributed by atoms with E-state index >= 15 is 0 Å². The third-order valence-electron chi connectivity index (χ3n) is 5.73. The number of aliphatic imine (C=N–C) groups is 1. The maximum atomic E-state index is 13.1. The van der Waals surface area contributed by atoms with Crippen LogP contribution in [0.4, 0.5) is 10.5 Å². The molecule has 0 N–H and O–H groups in total. The Morgan fingerprint density at radius 3 is 2.59 bits per heavy atom. The summed E-state index contributed by atoms with van der Waals surface area (Å²) in [5.41, 5.74) is 2.34. The number of hydrogen-bond donors (Lipinski definition) is 0. The summed E-state index contributed by atoms with van der Waals surface area (Å²) in [6.45, 7) is 9.15. The fraction of sp³-hybridized carbons (Fsp3) is 0.450. The lowest BCUT2D eigenvalue weighted by Gasteiger charge is -2.42. The lowest BCUT2D eigenvalue weighted by Crippen LogP contribution is -2.66. The minimum atomic E-state index is -0.481. The first-order chi connectivity index (χ1) is 13.0. The Hall–Kier alpha value is -2.83. The van der Waals surface area contributed by atoms with Crippen molar-refractivity contribution < 1.29 is 9.59 Å². The molecule has 7 heteroatoms. The average molecular weight is 367 g/mol. The van der Waals surface area contributed by atoms with Gasteiger partial charge in [-0.1, -0.05) is 25.1 Å². The highest BCUT2D eigenvalue weighted by atomic mass is 16.2. The molecule has 1 aromatic carbocycles. The van der Waals surface area contributed by atoms with E-state index in [9.17, 15) is 9.59 Å². The van der Waals surface area contributed by atoms with Crippen LogP contribution in [-0.4, -0.2) is 71.0 Å². The topological polar surface area (TPSA) is 59.5 Å². The third kappa shape index (κ3) is 2.52. The summed E-state index contributed by atoms with van der Waals surface area (Å²) in [6.07, 6.45) is 2.13. The maximum Gasteiger partial charge on any atom is 0.328 e. The van der Waals surface area contributed by atoms with Gasteiger partial charge in [0.25, 0.3) is 5.91 Å². The Morgan fingerprint density at radius 1 is 1.26 bits per heavy atom. The van der Waals surface area contributed by atoms with Crippen molar-refractivity contribution in [3.05, 3.63) is 42.5 Å². The van der Waals surface area contributed by atoms with Gasteiger partial charge in [-0.2, -0.15) is 0 Å². The van der Waals surface area contributed by atoms with Crippen LogP contribution in [-0.2, 0) is 11.2 Å². The predicted octanol–water partition coefficient (Wildman–Crippen LogP) is 1.90. The fourth-order valence-corrected chi connectivity index (χ4v) is 4.04. The smallest absolute Gasteiger partial charge is 0.325 e. The van der Waals surface area contributed by atoms with Crippen molar-refractivity contribution in [1.29, 1.82) is 0 Å². The monoisotopic (exact) mass is 367 g/mol. The van der Waals surface area contributed by atoms with Crippen LogP contribution in [0.15, 0.2) is 41.9 Å².